The summed E-state index contributed by atoms with van der Waals surface area (Å²) in [5, 5.41) is 13.0. The van der Waals surface area contributed by atoms with Gasteiger partial charge in [-0.1, -0.05) is 93.0 Å². The summed E-state index contributed by atoms with van der Waals surface area (Å²) < 4.78 is 0. The van der Waals surface area contributed by atoms with Gasteiger partial charge in [-0.25, -0.2) is 5.48 Å². The van der Waals surface area contributed by atoms with Crippen LogP contribution in [0.25, 0.3) is 0 Å². The lowest BCUT2D eigenvalue weighted by molar-refractivity contribution is -0.124. The summed E-state index contributed by atoms with van der Waals surface area (Å²) in [7, 11) is 0. The molecule has 30 heavy (non-hydrogen) atoms. The molecular weight excluding hydrogens is 444 g/mol. The lowest BCUT2D eigenvalue weighted by atomic mass is 10.0. The molecule has 170 valence electrons. The molecule has 6 heteroatoms. The van der Waals surface area contributed by atoms with E-state index < -0.39 is 11.7 Å². The number of anilines is 1. The Hall–Kier alpha value is -1.40. The van der Waals surface area contributed by atoms with Crippen LogP contribution in [0.5, 0.6) is 0 Å². The van der Waals surface area contributed by atoms with Gasteiger partial charge in [-0.05, 0) is 37.1 Å². The van der Waals surface area contributed by atoms with Gasteiger partial charge in [0.25, 0.3) is 5.78 Å². The zero-order valence-corrected chi connectivity index (χ0v) is 19.9. The van der Waals surface area contributed by atoms with Crippen LogP contribution < -0.4 is 10.8 Å². The molecule has 0 aliphatic rings. The molecule has 0 aliphatic carbocycles. The normalized spacial score (nSPS) is 10.7. The number of nitrogens with one attached hydrogen (secondary N) is 2. The molecule has 0 fully saturated rings. The number of halogens is 1. The quantitative estimate of drug-likeness (QED) is 0.0515. The number of hydrogen-bond donors (Lipinski definition) is 3. The summed E-state index contributed by atoms with van der Waals surface area (Å²) in [5.74, 6) is -1.77. The van der Waals surface area contributed by atoms with Crippen molar-refractivity contribution in [2.45, 2.75) is 89.9 Å². The third-order valence-corrected chi connectivity index (χ3v) is 5.91. The summed E-state index contributed by atoms with van der Waals surface area (Å²) in [6.45, 7) is 0.903. The molecule has 1 amide bonds. The molecule has 0 saturated carbocycles. The van der Waals surface area contributed by atoms with Gasteiger partial charge in [-0.3, -0.25) is 14.8 Å². The second kappa shape index (κ2) is 18.4. The summed E-state index contributed by atoms with van der Waals surface area (Å²) in [4.78, 5) is 22.7. The predicted molar refractivity (Wildman–Crippen MR) is 128 cm³/mol. The number of hydroxylamine groups is 1. The predicted octanol–water partition coefficient (Wildman–Crippen LogP) is 6.64. The summed E-state index contributed by atoms with van der Waals surface area (Å²) in [6, 6.07) is 6.73. The van der Waals surface area contributed by atoms with Crippen molar-refractivity contribution >= 4 is 33.3 Å². The van der Waals surface area contributed by atoms with Gasteiger partial charge >= 0.3 is 5.91 Å². The Morgan fingerprint density at radius 1 is 0.700 bits per heavy atom. The van der Waals surface area contributed by atoms with E-state index in [1.54, 1.807) is 24.3 Å². The van der Waals surface area contributed by atoms with Gasteiger partial charge < -0.3 is 5.32 Å². The smallest absolute Gasteiger partial charge is 0.315 e. The maximum absolute atomic E-state index is 11.6. The maximum Gasteiger partial charge on any atom is 0.315 e. The zero-order chi connectivity index (χ0) is 21.9. The average molecular weight is 483 g/mol. The third kappa shape index (κ3) is 13.0. The summed E-state index contributed by atoms with van der Waals surface area (Å²) in [6.07, 6.45) is 18.8. The molecule has 1 rings (SSSR count). The topological polar surface area (TPSA) is 78.4 Å². The maximum atomic E-state index is 11.6. The van der Waals surface area contributed by atoms with Crippen molar-refractivity contribution in [2.24, 2.45) is 0 Å². The molecule has 0 bridgehead atoms. The minimum absolute atomic E-state index is 0.261. The highest BCUT2D eigenvalue weighted by molar-refractivity contribution is 9.09. The molecule has 1 aromatic carbocycles. The Morgan fingerprint density at radius 2 is 1.13 bits per heavy atom. The fraction of sp³-hybridized carbons (Fsp3) is 0.667. The second-order valence-corrected chi connectivity index (χ2v) is 8.71. The monoisotopic (exact) mass is 482 g/mol. The van der Waals surface area contributed by atoms with Crippen molar-refractivity contribution in [1.82, 2.24) is 5.48 Å². The summed E-state index contributed by atoms with van der Waals surface area (Å²) >= 11 is 3.48. The van der Waals surface area contributed by atoms with Crippen molar-refractivity contribution in [1.29, 1.82) is 0 Å². The van der Waals surface area contributed by atoms with Crippen molar-refractivity contribution in [3.63, 3.8) is 0 Å². The molecule has 0 spiro atoms. The van der Waals surface area contributed by atoms with E-state index in [0.717, 1.165) is 24.0 Å². The molecule has 0 heterocycles. The molecule has 0 radical (unpaired) electrons. The van der Waals surface area contributed by atoms with E-state index in [1.807, 2.05) is 0 Å². The number of Topliss-reactive ketones (excluding diaryl/α,β-unsaturated/α-hetero) is 1. The number of rotatable bonds is 19. The fourth-order valence-electron chi connectivity index (χ4n) is 3.49. The van der Waals surface area contributed by atoms with E-state index in [1.165, 1.54) is 89.0 Å². The molecule has 0 atom stereocenters. The molecule has 0 saturated heterocycles. The number of ketones is 1. The number of hydrogen-bond acceptors (Lipinski definition) is 4. The Morgan fingerprint density at radius 3 is 1.57 bits per heavy atom. The van der Waals surface area contributed by atoms with Crippen LogP contribution in [-0.4, -0.2) is 28.8 Å². The average Bonchev–Trinajstić information content (AvgIpc) is 2.78. The first-order valence-corrected chi connectivity index (χ1v) is 12.7. The number of amides is 1. The number of carbonyl (C=O) groups is 2. The molecule has 0 unspecified atom stereocenters. The Kier molecular flexibility index (Phi) is 16.3. The van der Waals surface area contributed by atoms with E-state index in [2.05, 4.69) is 21.2 Å². The largest absolute Gasteiger partial charge is 0.385 e. The van der Waals surface area contributed by atoms with Crippen LogP contribution in [0, 0.1) is 0 Å². The number of carbonyl (C=O) groups excluding carboxylic acids is 2. The standard InChI is InChI=1S/C24H39BrN2O3/c25-19-13-11-9-7-5-3-1-2-4-6-8-10-12-14-20-26-22-17-15-21(16-18-22)23(28)24(29)27-30/h15-18,26,30H,1-14,19-20H2,(H,27,29). The van der Waals surface area contributed by atoms with Crippen molar-refractivity contribution in [3.05, 3.63) is 29.8 Å². The lowest BCUT2D eigenvalue weighted by Gasteiger charge is -2.07. The van der Waals surface area contributed by atoms with Crippen LogP contribution in [0.1, 0.15) is 100 Å². The van der Waals surface area contributed by atoms with E-state index in [9.17, 15) is 9.59 Å². The number of alkyl halides is 1. The number of benzene rings is 1. The minimum Gasteiger partial charge on any atom is -0.385 e. The SMILES string of the molecule is O=C(NO)C(=O)c1ccc(NCCCCCCCCCCCCCCCCBr)cc1. The van der Waals surface area contributed by atoms with Crippen molar-refractivity contribution in [2.75, 3.05) is 17.2 Å². The van der Waals surface area contributed by atoms with Gasteiger partial charge in [0.1, 0.15) is 0 Å². The van der Waals surface area contributed by atoms with Crippen molar-refractivity contribution < 1.29 is 14.8 Å². The second-order valence-electron chi connectivity index (χ2n) is 7.91. The Bertz CT molecular complexity index is 578. The van der Waals surface area contributed by atoms with Gasteiger partial charge in [0.2, 0.25) is 0 Å². The van der Waals surface area contributed by atoms with Crippen LogP contribution >= 0.6 is 15.9 Å². The fourth-order valence-corrected chi connectivity index (χ4v) is 3.89. The molecule has 1 aromatic rings. The molecular formula is C24H39BrN2O3. The van der Waals surface area contributed by atoms with Gasteiger partial charge in [0.05, 0.1) is 0 Å². The van der Waals surface area contributed by atoms with Crippen LogP contribution in [0.15, 0.2) is 24.3 Å². The Labute approximate surface area is 190 Å². The summed E-state index contributed by atoms with van der Waals surface area (Å²) in [5.41, 5.74) is 2.55. The van der Waals surface area contributed by atoms with Gasteiger partial charge in [-0.15, -0.1) is 0 Å². The highest BCUT2D eigenvalue weighted by Crippen LogP contribution is 2.14. The minimum atomic E-state index is -1.02. The van der Waals surface area contributed by atoms with Gasteiger partial charge in [-0.2, -0.15) is 0 Å². The van der Waals surface area contributed by atoms with E-state index >= 15 is 0 Å². The van der Waals surface area contributed by atoms with Crippen molar-refractivity contribution in [3.8, 4) is 0 Å². The first-order chi connectivity index (χ1) is 14.7. The van der Waals surface area contributed by atoms with E-state index in [4.69, 9.17) is 5.21 Å². The highest BCUT2D eigenvalue weighted by Gasteiger charge is 2.14. The van der Waals surface area contributed by atoms with Crippen LogP contribution in [-0.2, 0) is 4.79 Å². The first-order valence-electron chi connectivity index (χ1n) is 11.6. The highest BCUT2D eigenvalue weighted by atomic mass is 79.9. The van der Waals surface area contributed by atoms with Crippen LogP contribution in [0.4, 0.5) is 5.69 Å². The van der Waals surface area contributed by atoms with E-state index in [-0.39, 0.29) is 5.56 Å². The van der Waals surface area contributed by atoms with Gasteiger partial charge in [0.15, 0.2) is 0 Å². The molecule has 5 nitrogen and oxygen atoms in total. The molecule has 3 N–H and O–H groups in total. The number of unbranched alkanes of at least 4 members (excludes halogenated alkanes) is 13. The zero-order valence-electron chi connectivity index (χ0n) is 18.3. The Balaban J connectivity index is 1.91. The molecule has 0 aliphatic heterocycles. The lowest BCUT2D eigenvalue weighted by Crippen LogP contribution is -2.27. The van der Waals surface area contributed by atoms with Crippen LogP contribution in [0.3, 0.4) is 0 Å². The van der Waals surface area contributed by atoms with Crippen LogP contribution in [0.2, 0.25) is 0 Å². The first kappa shape index (κ1) is 26.6. The third-order valence-electron chi connectivity index (χ3n) is 5.34. The van der Waals surface area contributed by atoms with E-state index in [0.29, 0.717) is 0 Å². The van der Waals surface area contributed by atoms with Gasteiger partial charge in [0, 0.05) is 23.1 Å². The molecule has 0 aromatic heterocycles.